The minimum atomic E-state index is -0.0417. The average molecular weight is 258 g/mol. The number of H-pyrrole nitrogens is 1. The van der Waals surface area contributed by atoms with E-state index in [4.69, 9.17) is 0 Å². The van der Waals surface area contributed by atoms with Gasteiger partial charge >= 0.3 is 0 Å². The highest BCUT2D eigenvalue weighted by Crippen LogP contribution is 2.15. The van der Waals surface area contributed by atoms with E-state index in [1.807, 2.05) is 19.2 Å². The van der Waals surface area contributed by atoms with Crippen molar-refractivity contribution in [3.05, 3.63) is 33.0 Å². The monoisotopic (exact) mass is 257 g/mol. The van der Waals surface area contributed by atoms with E-state index in [2.05, 4.69) is 26.8 Å². The van der Waals surface area contributed by atoms with Gasteiger partial charge in [-0.05, 0) is 25.2 Å². The first kappa shape index (κ1) is 11.0. The molecule has 0 fully saturated rings. The third-order valence-corrected chi connectivity index (χ3v) is 2.33. The van der Waals surface area contributed by atoms with Crippen LogP contribution < -0.4 is 11.3 Å². The van der Waals surface area contributed by atoms with E-state index in [-0.39, 0.29) is 5.56 Å². The van der Waals surface area contributed by atoms with E-state index in [9.17, 15) is 4.79 Å². The van der Waals surface area contributed by atoms with E-state index >= 15 is 0 Å². The van der Waals surface area contributed by atoms with Gasteiger partial charge in [0.15, 0.2) is 0 Å². The van der Waals surface area contributed by atoms with Gasteiger partial charge in [-0.15, -0.1) is 0 Å². The van der Waals surface area contributed by atoms with Crippen LogP contribution in [0.5, 0.6) is 0 Å². The third kappa shape index (κ3) is 1.88. The fraction of sp³-hybridized carbons (Fsp3) is 0.222. The number of halogens is 1. The molecule has 76 valence electrons. The summed E-state index contributed by atoms with van der Waals surface area (Å²) in [6, 6.07) is 5.57. The van der Waals surface area contributed by atoms with Crippen molar-refractivity contribution in [2.75, 3.05) is 7.05 Å². The van der Waals surface area contributed by atoms with Crippen molar-refractivity contribution in [1.29, 1.82) is 0 Å². The van der Waals surface area contributed by atoms with Gasteiger partial charge in [0.25, 0.3) is 5.56 Å². The quantitative estimate of drug-likeness (QED) is 0.745. The number of nitrogens with one attached hydrogen (secondary N) is 1. The summed E-state index contributed by atoms with van der Waals surface area (Å²) in [5.41, 5.74) is 5.37. The van der Waals surface area contributed by atoms with E-state index in [0.29, 0.717) is 0 Å². The first-order valence-corrected chi connectivity index (χ1v) is 4.90. The predicted octanol–water partition coefficient (Wildman–Crippen LogP) is 1.20. The summed E-state index contributed by atoms with van der Waals surface area (Å²) in [5.74, 6) is 0. The predicted molar refractivity (Wildman–Crippen MR) is 61.4 cm³/mol. The summed E-state index contributed by atoms with van der Waals surface area (Å²) in [4.78, 5) is 11.2. The molecule has 0 spiro atoms. The highest BCUT2D eigenvalue weighted by atomic mass is 79.9. The summed E-state index contributed by atoms with van der Waals surface area (Å²) in [5, 5.41) is 3.41. The molecular weight excluding hydrogens is 246 g/mol. The molecule has 0 saturated carbocycles. The number of hydrogen-bond acceptors (Lipinski definition) is 2. The van der Waals surface area contributed by atoms with Gasteiger partial charge in [0.2, 0.25) is 0 Å². The van der Waals surface area contributed by atoms with Crippen LogP contribution in [0.25, 0.3) is 10.9 Å². The number of aryl methyl sites for hydroxylation is 1. The minimum Gasteiger partial charge on any atom is -0.333 e. The number of rotatable bonds is 0. The lowest BCUT2D eigenvalue weighted by atomic mass is 10.2. The molecule has 0 atom stereocenters. The molecule has 0 aliphatic heterocycles. The van der Waals surface area contributed by atoms with Gasteiger partial charge in [0, 0.05) is 11.5 Å². The number of aromatic nitrogens is 2. The van der Waals surface area contributed by atoms with E-state index in [1.54, 1.807) is 10.7 Å². The van der Waals surface area contributed by atoms with Crippen molar-refractivity contribution in [3.63, 3.8) is 0 Å². The number of nitrogens with zero attached hydrogens (tertiary/aromatic N) is 1. The molecule has 14 heavy (non-hydrogen) atoms. The number of hydrogen-bond donors (Lipinski definition) is 2. The van der Waals surface area contributed by atoms with Crippen molar-refractivity contribution < 1.29 is 0 Å². The van der Waals surface area contributed by atoms with Crippen molar-refractivity contribution >= 4 is 26.8 Å². The summed E-state index contributed by atoms with van der Waals surface area (Å²) < 4.78 is 2.69. The Hall–Kier alpha value is -1.07. The summed E-state index contributed by atoms with van der Waals surface area (Å²) in [6.07, 6.45) is 0. The first-order chi connectivity index (χ1) is 6.68. The van der Waals surface area contributed by atoms with Crippen LogP contribution in [0.4, 0.5) is 0 Å². The van der Waals surface area contributed by atoms with Crippen molar-refractivity contribution in [3.8, 4) is 0 Å². The second kappa shape index (κ2) is 4.43. The molecule has 3 N–H and O–H groups in total. The molecule has 2 rings (SSSR count). The Balaban J connectivity index is 0.000000461. The SMILES string of the molecule is CN.Cn1[nH]c(=O)c2ccc(Br)cc21. The molecule has 1 aromatic heterocycles. The number of benzene rings is 1. The van der Waals surface area contributed by atoms with Gasteiger partial charge in [0.05, 0.1) is 10.9 Å². The molecule has 0 unspecified atom stereocenters. The van der Waals surface area contributed by atoms with Crippen LogP contribution >= 0.6 is 15.9 Å². The molecule has 5 heteroatoms. The third-order valence-electron chi connectivity index (χ3n) is 1.84. The number of aromatic amines is 1. The Kier molecular flexibility index (Phi) is 3.49. The van der Waals surface area contributed by atoms with E-state index < -0.39 is 0 Å². The number of fused-ring (bicyclic) bond motifs is 1. The van der Waals surface area contributed by atoms with Crippen LogP contribution in [-0.2, 0) is 7.05 Å². The van der Waals surface area contributed by atoms with Crippen molar-refractivity contribution in [2.45, 2.75) is 0 Å². The van der Waals surface area contributed by atoms with Crippen molar-refractivity contribution in [2.24, 2.45) is 12.8 Å². The molecule has 0 amide bonds. The maximum absolute atomic E-state index is 11.2. The van der Waals surface area contributed by atoms with Gasteiger partial charge in [-0.1, -0.05) is 15.9 Å². The van der Waals surface area contributed by atoms with Crippen molar-refractivity contribution in [1.82, 2.24) is 9.78 Å². The maximum atomic E-state index is 11.2. The fourth-order valence-electron chi connectivity index (χ4n) is 1.25. The molecule has 0 aliphatic rings. The van der Waals surface area contributed by atoms with Gasteiger partial charge < -0.3 is 5.73 Å². The standard InChI is InChI=1S/C8H7BrN2O.CH5N/c1-11-7-4-5(9)2-3-6(7)8(12)10-11;1-2/h2-4H,1H3,(H,10,12);2H2,1H3. The topological polar surface area (TPSA) is 63.8 Å². The smallest absolute Gasteiger partial charge is 0.271 e. The minimum absolute atomic E-state index is 0.0417. The van der Waals surface area contributed by atoms with Crippen LogP contribution in [-0.4, -0.2) is 16.8 Å². The molecular formula is C9H12BrN3O. The Morgan fingerprint density at radius 2 is 2.07 bits per heavy atom. The lowest BCUT2D eigenvalue weighted by Gasteiger charge is -1.93. The van der Waals surface area contributed by atoms with Crippen LogP contribution in [0.2, 0.25) is 0 Å². The zero-order valence-corrected chi connectivity index (χ0v) is 9.63. The Bertz CT molecular complexity index is 486. The zero-order chi connectivity index (χ0) is 10.7. The van der Waals surface area contributed by atoms with Crippen LogP contribution in [0.3, 0.4) is 0 Å². The Morgan fingerprint density at radius 1 is 1.43 bits per heavy atom. The number of nitrogens with two attached hydrogens (primary N) is 1. The molecule has 0 radical (unpaired) electrons. The second-order valence-electron chi connectivity index (χ2n) is 2.66. The molecule has 0 bridgehead atoms. The molecule has 1 aromatic carbocycles. The Morgan fingerprint density at radius 3 is 2.71 bits per heavy atom. The molecule has 2 aromatic rings. The fourth-order valence-corrected chi connectivity index (χ4v) is 1.60. The average Bonchev–Trinajstić information content (AvgIpc) is 2.46. The zero-order valence-electron chi connectivity index (χ0n) is 8.04. The molecule has 0 aliphatic carbocycles. The first-order valence-electron chi connectivity index (χ1n) is 4.10. The molecule has 0 saturated heterocycles. The normalized spacial score (nSPS) is 9.71. The van der Waals surface area contributed by atoms with Gasteiger partial charge in [-0.3, -0.25) is 14.6 Å². The lowest BCUT2D eigenvalue weighted by molar-refractivity contribution is 0.783. The lowest BCUT2D eigenvalue weighted by Crippen LogP contribution is -2.01. The highest BCUT2D eigenvalue weighted by Gasteiger charge is 2.02. The van der Waals surface area contributed by atoms with Gasteiger partial charge in [-0.25, -0.2) is 0 Å². The van der Waals surface area contributed by atoms with Gasteiger partial charge in [-0.2, -0.15) is 0 Å². The Labute approximate surface area is 89.8 Å². The van der Waals surface area contributed by atoms with E-state index in [1.165, 1.54) is 7.05 Å². The maximum Gasteiger partial charge on any atom is 0.271 e. The second-order valence-corrected chi connectivity index (χ2v) is 3.58. The van der Waals surface area contributed by atoms with E-state index in [0.717, 1.165) is 15.4 Å². The molecule has 1 heterocycles. The summed E-state index contributed by atoms with van der Waals surface area (Å²) in [7, 11) is 3.32. The van der Waals surface area contributed by atoms with Crippen LogP contribution in [0, 0.1) is 0 Å². The molecule has 4 nitrogen and oxygen atoms in total. The highest BCUT2D eigenvalue weighted by molar-refractivity contribution is 9.10. The van der Waals surface area contributed by atoms with Crippen LogP contribution in [0.15, 0.2) is 27.5 Å². The largest absolute Gasteiger partial charge is 0.333 e. The summed E-state index contributed by atoms with van der Waals surface area (Å²) >= 11 is 3.35. The summed E-state index contributed by atoms with van der Waals surface area (Å²) in [6.45, 7) is 0. The van der Waals surface area contributed by atoms with Crippen LogP contribution in [0.1, 0.15) is 0 Å². The van der Waals surface area contributed by atoms with Gasteiger partial charge in [0.1, 0.15) is 0 Å².